The molecule has 4 rings (SSSR count). The van der Waals surface area contributed by atoms with Gasteiger partial charge < -0.3 is 0 Å². The topological polar surface area (TPSA) is 76.9 Å². The van der Waals surface area contributed by atoms with Crippen LogP contribution in [0.4, 0.5) is 4.39 Å². The summed E-state index contributed by atoms with van der Waals surface area (Å²) in [6.07, 6.45) is 10.1. The standard InChI is InChI=1S/C22H26FN3O2P/c1-2-11-29(28,12-9-24-10-13-29)21-15-16(7-8-19(21)23)14-20-17-5-3-4-6-18(17)22(27)26-25-20/h3-8,15,18,24H,2,9-14H2,1H3/q-1. The van der Waals surface area contributed by atoms with Crippen molar-refractivity contribution < 1.29 is 14.1 Å². The van der Waals surface area contributed by atoms with Gasteiger partial charge in [0, 0.05) is 0 Å². The Hall–Kier alpha value is -2.01. The minimum absolute atomic E-state index is 0.272. The van der Waals surface area contributed by atoms with Crippen molar-refractivity contribution in [2.45, 2.75) is 19.8 Å². The summed E-state index contributed by atoms with van der Waals surface area (Å²) in [5.41, 5.74) is 2.37. The van der Waals surface area contributed by atoms with Gasteiger partial charge in [0.1, 0.15) is 0 Å². The summed E-state index contributed by atoms with van der Waals surface area (Å²) in [5, 5.41) is 11.6. The number of hydrogen-bond donors (Lipinski definition) is 1. The number of nitrogens with zero attached hydrogens (tertiary/aromatic N) is 2. The Labute approximate surface area is 170 Å². The van der Waals surface area contributed by atoms with Crippen molar-refractivity contribution in [3.8, 4) is 0 Å². The zero-order valence-corrected chi connectivity index (χ0v) is 17.5. The number of benzene rings is 1. The first-order valence-electron chi connectivity index (χ1n) is 10.2. The normalized spacial score (nSPS) is 26.1. The fourth-order valence-corrected chi connectivity index (χ4v) is 9.61. The van der Waals surface area contributed by atoms with Crippen LogP contribution in [0.3, 0.4) is 0 Å². The Kier molecular flexibility index (Phi) is 5.36. The van der Waals surface area contributed by atoms with Crippen LogP contribution in [0.2, 0.25) is 0 Å². The average Bonchev–Trinajstić information content (AvgIpc) is 2.72. The molecule has 0 saturated carbocycles. The number of nitrogens with one attached hydrogen (secondary N) is 1. The van der Waals surface area contributed by atoms with Crippen LogP contribution in [0.5, 0.6) is 0 Å². The van der Waals surface area contributed by atoms with Gasteiger partial charge in [-0.1, -0.05) is 0 Å². The molecule has 1 N–H and O–H groups in total. The second kappa shape index (κ2) is 7.67. The van der Waals surface area contributed by atoms with Crippen molar-refractivity contribution >= 4 is 18.0 Å². The van der Waals surface area contributed by atoms with E-state index < -0.39 is 12.7 Å². The van der Waals surface area contributed by atoms with E-state index >= 15 is 0 Å². The second-order valence-electron chi connectivity index (χ2n) is 8.17. The van der Waals surface area contributed by atoms with Crippen molar-refractivity contribution in [1.29, 1.82) is 0 Å². The molecular formula is C22H26FN3O2P-. The van der Waals surface area contributed by atoms with Crippen molar-refractivity contribution in [1.82, 2.24) is 5.32 Å². The summed E-state index contributed by atoms with van der Waals surface area (Å²) in [6, 6.07) is 4.92. The van der Waals surface area contributed by atoms with E-state index in [1.165, 1.54) is 6.07 Å². The average molecular weight is 414 g/mol. The monoisotopic (exact) mass is 414 g/mol. The number of carbonyl (C=O) groups excluding carboxylic acids is 1. The first-order valence-corrected chi connectivity index (χ1v) is 12.9. The first-order chi connectivity index (χ1) is 13.9. The molecule has 1 fully saturated rings. The molecule has 7 heteroatoms. The summed E-state index contributed by atoms with van der Waals surface area (Å²) < 4.78 is 15.0. The fraction of sp³-hybridized carbons (Fsp3) is 0.409. The summed E-state index contributed by atoms with van der Waals surface area (Å²) in [6.45, 7) is -0.276. The molecule has 1 atom stereocenters. The number of amides is 1. The van der Waals surface area contributed by atoms with E-state index in [0.29, 0.717) is 49.0 Å². The van der Waals surface area contributed by atoms with E-state index in [-0.39, 0.29) is 11.7 Å². The Morgan fingerprint density at radius 3 is 2.79 bits per heavy atom. The molecule has 1 aliphatic carbocycles. The summed E-state index contributed by atoms with van der Waals surface area (Å²) in [4.78, 5) is 26.4. The molecular weight excluding hydrogens is 388 g/mol. The quantitative estimate of drug-likeness (QED) is 0.753. The number of carbonyl (C=O) groups is 1. The van der Waals surface area contributed by atoms with Crippen LogP contribution in [0, 0.1) is 11.7 Å². The van der Waals surface area contributed by atoms with Gasteiger partial charge in [0.15, 0.2) is 0 Å². The van der Waals surface area contributed by atoms with Crippen LogP contribution in [0.15, 0.2) is 64.0 Å². The molecule has 0 bridgehead atoms. The van der Waals surface area contributed by atoms with E-state index in [4.69, 9.17) is 0 Å². The van der Waals surface area contributed by atoms with Gasteiger partial charge in [-0.15, -0.1) is 0 Å². The fourth-order valence-electron chi connectivity index (χ4n) is 4.71. The van der Waals surface area contributed by atoms with Crippen LogP contribution < -0.4 is 15.5 Å². The molecule has 2 heterocycles. The van der Waals surface area contributed by atoms with E-state index in [1.807, 2.05) is 31.2 Å². The predicted molar refractivity (Wildman–Crippen MR) is 113 cm³/mol. The van der Waals surface area contributed by atoms with E-state index in [2.05, 4.69) is 15.5 Å². The molecule has 1 amide bonds. The van der Waals surface area contributed by atoms with E-state index in [0.717, 1.165) is 17.6 Å². The van der Waals surface area contributed by atoms with Gasteiger partial charge in [0.2, 0.25) is 0 Å². The Balaban J connectivity index is 1.73. The number of fused-ring (bicyclic) bond motifs is 1. The molecule has 1 aromatic rings. The predicted octanol–water partition coefficient (Wildman–Crippen LogP) is 2.82. The number of hydrogen-bond acceptors (Lipinski definition) is 4. The first kappa shape index (κ1) is 20.3. The molecule has 0 radical (unpaired) electrons. The SMILES string of the molecule is CCCP1([O-])(c2cc(CC3=C4C=CC=CC4C(=O)N=N3)ccc2F)CCNCC1. The van der Waals surface area contributed by atoms with Gasteiger partial charge in [0.05, 0.1) is 0 Å². The molecule has 1 saturated heterocycles. The Morgan fingerprint density at radius 1 is 1.24 bits per heavy atom. The third-order valence-corrected chi connectivity index (χ3v) is 11.8. The molecule has 154 valence electrons. The van der Waals surface area contributed by atoms with Crippen LogP contribution in [0.1, 0.15) is 18.9 Å². The van der Waals surface area contributed by atoms with Crippen LogP contribution in [-0.4, -0.2) is 37.5 Å². The Morgan fingerprint density at radius 2 is 2.03 bits per heavy atom. The summed E-state index contributed by atoms with van der Waals surface area (Å²) in [5.74, 6) is -1.05. The van der Waals surface area contributed by atoms with Crippen molar-refractivity contribution in [2.24, 2.45) is 16.1 Å². The molecule has 1 aromatic carbocycles. The van der Waals surface area contributed by atoms with Gasteiger partial charge in [-0.3, -0.25) is 0 Å². The number of allylic oxidation sites excluding steroid dienone is 4. The number of rotatable bonds is 5. The number of halogens is 1. The third-order valence-electron chi connectivity index (χ3n) is 6.24. The maximum atomic E-state index is 15.0. The molecule has 0 aromatic heterocycles. The van der Waals surface area contributed by atoms with Gasteiger partial charge in [0.25, 0.3) is 0 Å². The minimum atomic E-state index is -3.58. The third kappa shape index (κ3) is 3.65. The van der Waals surface area contributed by atoms with Crippen molar-refractivity contribution in [2.75, 3.05) is 31.6 Å². The van der Waals surface area contributed by atoms with Crippen LogP contribution in [0.25, 0.3) is 0 Å². The molecule has 0 spiro atoms. The zero-order chi connectivity index (χ0) is 20.5. The number of azo groups is 1. The van der Waals surface area contributed by atoms with E-state index in [1.54, 1.807) is 12.1 Å². The molecule has 2 aliphatic heterocycles. The zero-order valence-electron chi connectivity index (χ0n) is 16.6. The van der Waals surface area contributed by atoms with Crippen molar-refractivity contribution in [3.05, 3.63) is 65.2 Å². The molecule has 3 aliphatic rings. The van der Waals surface area contributed by atoms with Crippen LogP contribution >= 0.6 is 6.83 Å². The summed E-state index contributed by atoms with van der Waals surface area (Å²) >= 11 is 0. The van der Waals surface area contributed by atoms with Crippen LogP contribution in [-0.2, 0) is 11.2 Å². The second-order valence-corrected chi connectivity index (χ2v) is 13.2. The molecule has 5 nitrogen and oxygen atoms in total. The van der Waals surface area contributed by atoms with Gasteiger partial charge in [-0.25, -0.2) is 0 Å². The van der Waals surface area contributed by atoms with Gasteiger partial charge in [-0.05, 0) is 0 Å². The van der Waals surface area contributed by atoms with Gasteiger partial charge in [-0.2, -0.15) is 0 Å². The van der Waals surface area contributed by atoms with E-state index in [9.17, 15) is 14.1 Å². The Bertz CT molecular complexity index is 953. The molecule has 29 heavy (non-hydrogen) atoms. The molecule has 1 unspecified atom stereocenters. The van der Waals surface area contributed by atoms with Gasteiger partial charge >= 0.3 is 170 Å². The van der Waals surface area contributed by atoms with Crippen molar-refractivity contribution in [3.63, 3.8) is 0 Å². The summed E-state index contributed by atoms with van der Waals surface area (Å²) in [7, 11) is 0. The maximum absolute atomic E-state index is 15.0.